The van der Waals surface area contributed by atoms with Crippen LogP contribution in [0.1, 0.15) is 40.0 Å². The van der Waals surface area contributed by atoms with E-state index in [1.165, 1.54) is 0 Å². The average Bonchev–Trinajstić information content (AvgIpc) is 2.12. The van der Waals surface area contributed by atoms with Crippen LogP contribution < -0.4 is 5.73 Å². The fourth-order valence-electron chi connectivity index (χ4n) is 1.19. The first-order valence-electron chi connectivity index (χ1n) is 5.59. The number of hydrogen-bond acceptors (Lipinski definition) is 4. The van der Waals surface area contributed by atoms with Crippen molar-refractivity contribution in [3.63, 3.8) is 0 Å². The zero-order valence-corrected chi connectivity index (χ0v) is 9.99. The van der Waals surface area contributed by atoms with Crippen LogP contribution >= 0.6 is 0 Å². The van der Waals surface area contributed by atoms with Crippen molar-refractivity contribution >= 4 is 5.97 Å². The third kappa shape index (κ3) is 9.69. The van der Waals surface area contributed by atoms with Crippen LogP contribution in [0.15, 0.2) is 0 Å². The Morgan fingerprint density at radius 2 is 2.00 bits per heavy atom. The molecule has 0 bridgehead atoms. The molecule has 0 radical (unpaired) electrons. The van der Waals surface area contributed by atoms with Crippen molar-refractivity contribution in [2.24, 2.45) is 5.73 Å². The first kappa shape index (κ1) is 14.4. The first-order chi connectivity index (χ1) is 7.06. The Labute approximate surface area is 92.1 Å². The molecule has 15 heavy (non-hydrogen) atoms. The van der Waals surface area contributed by atoms with Crippen LogP contribution in [0.2, 0.25) is 0 Å². The van der Waals surface area contributed by atoms with Crippen molar-refractivity contribution in [3.05, 3.63) is 0 Å². The standard InChI is InChI=1S/C11H23NO3/c1-4-5-10(12)8-11(13)15-7-6-14-9(2)3/h9-10H,4-8,12H2,1-3H3. The van der Waals surface area contributed by atoms with E-state index < -0.39 is 0 Å². The van der Waals surface area contributed by atoms with Gasteiger partial charge in [-0.15, -0.1) is 0 Å². The second-order valence-corrected chi connectivity index (χ2v) is 3.89. The van der Waals surface area contributed by atoms with Gasteiger partial charge in [-0.05, 0) is 20.3 Å². The molecular formula is C11H23NO3. The number of carbonyl (C=O) groups excluding carboxylic acids is 1. The lowest BCUT2D eigenvalue weighted by Crippen LogP contribution is -2.25. The summed E-state index contributed by atoms with van der Waals surface area (Å²) in [6.45, 7) is 6.70. The lowest BCUT2D eigenvalue weighted by Gasteiger charge is -2.11. The minimum atomic E-state index is -0.233. The number of ether oxygens (including phenoxy) is 2. The predicted molar refractivity (Wildman–Crippen MR) is 59.5 cm³/mol. The van der Waals surface area contributed by atoms with E-state index in [4.69, 9.17) is 15.2 Å². The second-order valence-electron chi connectivity index (χ2n) is 3.89. The highest BCUT2D eigenvalue weighted by molar-refractivity contribution is 5.70. The van der Waals surface area contributed by atoms with Gasteiger partial charge in [-0.3, -0.25) is 4.79 Å². The fraction of sp³-hybridized carbons (Fsp3) is 0.909. The van der Waals surface area contributed by atoms with Crippen molar-refractivity contribution in [3.8, 4) is 0 Å². The lowest BCUT2D eigenvalue weighted by molar-refractivity contribution is -0.146. The van der Waals surface area contributed by atoms with Crippen LogP contribution in [-0.2, 0) is 14.3 Å². The van der Waals surface area contributed by atoms with E-state index in [0.717, 1.165) is 12.8 Å². The highest BCUT2D eigenvalue weighted by atomic mass is 16.6. The van der Waals surface area contributed by atoms with Crippen molar-refractivity contribution < 1.29 is 14.3 Å². The van der Waals surface area contributed by atoms with Gasteiger partial charge >= 0.3 is 5.97 Å². The summed E-state index contributed by atoms with van der Waals surface area (Å²) in [6.07, 6.45) is 2.32. The van der Waals surface area contributed by atoms with Crippen molar-refractivity contribution in [2.45, 2.75) is 52.2 Å². The van der Waals surface area contributed by atoms with Crippen molar-refractivity contribution in [2.75, 3.05) is 13.2 Å². The highest BCUT2D eigenvalue weighted by Gasteiger charge is 2.09. The normalized spacial score (nSPS) is 12.9. The molecule has 4 nitrogen and oxygen atoms in total. The number of rotatable bonds is 8. The zero-order chi connectivity index (χ0) is 11.7. The van der Waals surface area contributed by atoms with E-state index in [0.29, 0.717) is 19.6 Å². The summed E-state index contributed by atoms with van der Waals surface area (Å²) < 4.78 is 10.2. The van der Waals surface area contributed by atoms with E-state index in [2.05, 4.69) is 0 Å². The molecule has 0 aliphatic rings. The van der Waals surface area contributed by atoms with Crippen LogP contribution in [-0.4, -0.2) is 31.3 Å². The van der Waals surface area contributed by atoms with Gasteiger partial charge in [-0.1, -0.05) is 13.3 Å². The summed E-state index contributed by atoms with van der Waals surface area (Å²) in [4.78, 5) is 11.2. The monoisotopic (exact) mass is 217 g/mol. The Kier molecular flexibility index (Phi) is 8.33. The minimum absolute atomic E-state index is 0.0754. The van der Waals surface area contributed by atoms with Gasteiger partial charge in [0, 0.05) is 6.04 Å². The lowest BCUT2D eigenvalue weighted by atomic mass is 10.1. The molecule has 4 heteroatoms. The molecule has 0 rings (SSSR count). The maximum Gasteiger partial charge on any atom is 0.307 e. The summed E-state index contributed by atoms with van der Waals surface area (Å²) in [7, 11) is 0. The fourth-order valence-corrected chi connectivity index (χ4v) is 1.19. The second kappa shape index (κ2) is 8.68. The summed E-state index contributed by atoms with van der Waals surface area (Å²) in [6, 6.07) is -0.0754. The molecule has 0 aromatic carbocycles. The molecule has 0 aliphatic heterocycles. The summed E-state index contributed by atoms with van der Waals surface area (Å²) >= 11 is 0. The molecule has 0 spiro atoms. The summed E-state index contributed by atoms with van der Waals surface area (Å²) in [5, 5.41) is 0. The molecule has 0 fully saturated rings. The van der Waals surface area contributed by atoms with Gasteiger partial charge in [0.05, 0.1) is 19.1 Å². The number of hydrogen-bond donors (Lipinski definition) is 1. The molecule has 0 heterocycles. The van der Waals surface area contributed by atoms with Crippen LogP contribution in [0, 0.1) is 0 Å². The molecule has 0 saturated carbocycles. The van der Waals surface area contributed by atoms with Gasteiger partial charge in [0.15, 0.2) is 0 Å². The van der Waals surface area contributed by atoms with Gasteiger partial charge in [0.25, 0.3) is 0 Å². The van der Waals surface area contributed by atoms with E-state index in [9.17, 15) is 4.79 Å². The summed E-state index contributed by atoms with van der Waals surface area (Å²) in [5.74, 6) is -0.233. The largest absolute Gasteiger partial charge is 0.463 e. The number of carbonyl (C=O) groups is 1. The van der Waals surface area contributed by atoms with Gasteiger partial charge in [0.2, 0.25) is 0 Å². The molecule has 0 aliphatic carbocycles. The van der Waals surface area contributed by atoms with Crippen LogP contribution in [0.5, 0.6) is 0 Å². The van der Waals surface area contributed by atoms with Crippen LogP contribution in [0.4, 0.5) is 0 Å². The van der Waals surface area contributed by atoms with Crippen molar-refractivity contribution in [1.82, 2.24) is 0 Å². The SMILES string of the molecule is CCCC(N)CC(=O)OCCOC(C)C. The number of esters is 1. The van der Waals surface area contributed by atoms with E-state index in [1.807, 2.05) is 20.8 Å². The van der Waals surface area contributed by atoms with Crippen LogP contribution in [0.3, 0.4) is 0 Å². The Morgan fingerprint density at radius 3 is 2.53 bits per heavy atom. The quantitative estimate of drug-likeness (QED) is 0.494. The minimum Gasteiger partial charge on any atom is -0.463 e. The molecule has 0 saturated heterocycles. The average molecular weight is 217 g/mol. The Balaban J connectivity index is 3.40. The van der Waals surface area contributed by atoms with Gasteiger partial charge in [-0.25, -0.2) is 0 Å². The molecular weight excluding hydrogens is 194 g/mol. The summed E-state index contributed by atoms with van der Waals surface area (Å²) in [5.41, 5.74) is 5.71. The van der Waals surface area contributed by atoms with Crippen LogP contribution in [0.25, 0.3) is 0 Å². The molecule has 1 atom stereocenters. The zero-order valence-electron chi connectivity index (χ0n) is 9.99. The van der Waals surface area contributed by atoms with Gasteiger partial charge < -0.3 is 15.2 Å². The Hall–Kier alpha value is -0.610. The maximum absolute atomic E-state index is 11.2. The Bertz CT molecular complexity index is 171. The molecule has 0 amide bonds. The Morgan fingerprint density at radius 1 is 1.33 bits per heavy atom. The van der Waals surface area contributed by atoms with Gasteiger partial charge in [-0.2, -0.15) is 0 Å². The maximum atomic E-state index is 11.2. The predicted octanol–water partition coefficient (Wildman–Crippen LogP) is 1.47. The number of nitrogens with two attached hydrogens (primary N) is 1. The topological polar surface area (TPSA) is 61.6 Å². The van der Waals surface area contributed by atoms with Gasteiger partial charge in [0.1, 0.15) is 6.61 Å². The molecule has 90 valence electrons. The van der Waals surface area contributed by atoms with E-state index >= 15 is 0 Å². The van der Waals surface area contributed by atoms with Crippen molar-refractivity contribution in [1.29, 1.82) is 0 Å². The molecule has 2 N–H and O–H groups in total. The van der Waals surface area contributed by atoms with E-state index in [1.54, 1.807) is 0 Å². The third-order valence-electron chi connectivity index (χ3n) is 1.89. The molecule has 0 aromatic rings. The van der Waals surface area contributed by atoms with E-state index in [-0.39, 0.29) is 18.1 Å². The molecule has 0 aromatic heterocycles. The smallest absolute Gasteiger partial charge is 0.307 e. The molecule has 1 unspecified atom stereocenters. The highest BCUT2D eigenvalue weighted by Crippen LogP contribution is 2.00. The first-order valence-corrected chi connectivity index (χ1v) is 5.59. The third-order valence-corrected chi connectivity index (χ3v) is 1.89.